The normalized spacial score (nSPS) is 11.9. The highest BCUT2D eigenvalue weighted by Gasteiger charge is 2.27. The summed E-state index contributed by atoms with van der Waals surface area (Å²) in [5, 5.41) is 4.76. The Morgan fingerprint density at radius 1 is 0.500 bits per heavy atom. The molecule has 1 aliphatic carbocycles. The number of fused-ring (bicyclic) bond motifs is 7. The highest BCUT2D eigenvalue weighted by molar-refractivity contribution is 6.24. The van der Waals surface area contributed by atoms with Gasteiger partial charge in [0.1, 0.15) is 5.82 Å². The van der Waals surface area contributed by atoms with E-state index in [1.165, 1.54) is 45.2 Å². The molecule has 0 N–H and O–H groups in total. The zero-order chi connectivity index (χ0) is 27.8. The van der Waals surface area contributed by atoms with Crippen LogP contribution in [0.5, 0.6) is 0 Å². The molecule has 0 spiro atoms. The number of halogens is 1. The molecule has 0 atom stereocenters. The van der Waals surface area contributed by atoms with E-state index in [1.54, 1.807) is 12.1 Å². The van der Waals surface area contributed by atoms with Crippen molar-refractivity contribution in [1.82, 2.24) is 19.5 Å². The van der Waals surface area contributed by atoms with Crippen molar-refractivity contribution in [2.75, 3.05) is 0 Å². The molecule has 6 aromatic carbocycles. The molecule has 2 aromatic heterocycles. The molecule has 0 bridgehead atoms. The van der Waals surface area contributed by atoms with E-state index < -0.39 is 0 Å². The molecular formula is C37H21FN4. The van der Waals surface area contributed by atoms with Crippen LogP contribution in [-0.4, -0.2) is 19.5 Å². The van der Waals surface area contributed by atoms with E-state index in [0.29, 0.717) is 17.6 Å². The fourth-order valence-corrected chi connectivity index (χ4v) is 6.45. The highest BCUT2D eigenvalue weighted by atomic mass is 19.1. The number of hydrogen-bond acceptors (Lipinski definition) is 3. The Kier molecular flexibility index (Phi) is 4.75. The molecule has 0 fully saturated rings. The predicted octanol–water partition coefficient (Wildman–Crippen LogP) is 9.24. The van der Waals surface area contributed by atoms with Crippen LogP contribution in [-0.2, 0) is 0 Å². The molecule has 0 unspecified atom stereocenters. The van der Waals surface area contributed by atoms with Crippen molar-refractivity contribution in [2.45, 2.75) is 0 Å². The van der Waals surface area contributed by atoms with Gasteiger partial charge in [-0.3, -0.25) is 4.57 Å². The lowest BCUT2D eigenvalue weighted by Gasteiger charge is -2.13. The van der Waals surface area contributed by atoms with E-state index in [0.717, 1.165) is 32.9 Å². The monoisotopic (exact) mass is 540 g/mol. The minimum absolute atomic E-state index is 0.303. The van der Waals surface area contributed by atoms with E-state index in [1.807, 2.05) is 36.4 Å². The Bertz CT molecular complexity index is 2350. The number of benzene rings is 6. The largest absolute Gasteiger partial charge is 0.277 e. The zero-order valence-electron chi connectivity index (χ0n) is 22.3. The molecule has 0 amide bonds. The van der Waals surface area contributed by atoms with E-state index in [9.17, 15) is 4.39 Å². The van der Waals surface area contributed by atoms with Gasteiger partial charge in [0, 0.05) is 27.5 Å². The van der Waals surface area contributed by atoms with E-state index in [-0.39, 0.29) is 5.82 Å². The number of aromatic nitrogens is 4. The number of nitrogens with zero attached hydrogens (tertiary/aromatic N) is 4. The van der Waals surface area contributed by atoms with Crippen molar-refractivity contribution in [2.24, 2.45) is 0 Å². The SMILES string of the molecule is Fc1ccc(-c2nc(-c3ccccc3)nc(-n3c4ccccc4c4ccc5c(c43)-c3cccc4cccc-5c34)n2)cc1. The summed E-state index contributed by atoms with van der Waals surface area (Å²) in [6.45, 7) is 0. The van der Waals surface area contributed by atoms with Gasteiger partial charge in [-0.25, -0.2) is 9.37 Å². The fourth-order valence-electron chi connectivity index (χ4n) is 6.45. The van der Waals surface area contributed by atoms with Gasteiger partial charge in [-0.05, 0) is 57.8 Å². The summed E-state index contributed by atoms with van der Waals surface area (Å²) in [7, 11) is 0. The molecule has 0 aliphatic heterocycles. The van der Waals surface area contributed by atoms with Crippen molar-refractivity contribution in [3.05, 3.63) is 133 Å². The lowest BCUT2D eigenvalue weighted by atomic mass is 10.0. The van der Waals surface area contributed by atoms with Gasteiger partial charge in [-0.1, -0.05) is 97.1 Å². The second-order valence-corrected chi connectivity index (χ2v) is 10.6. The average Bonchev–Trinajstić information content (AvgIpc) is 3.56. The quantitative estimate of drug-likeness (QED) is 0.224. The van der Waals surface area contributed by atoms with Crippen molar-refractivity contribution in [1.29, 1.82) is 0 Å². The van der Waals surface area contributed by atoms with Crippen molar-refractivity contribution in [3.63, 3.8) is 0 Å². The number of hydrogen-bond donors (Lipinski definition) is 0. The Morgan fingerprint density at radius 3 is 1.98 bits per heavy atom. The molecular weight excluding hydrogens is 519 g/mol. The van der Waals surface area contributed by atoms with Crippen molar-refractivity contribution < 1.29 is 4.39 Å². The third kappa shape index (κ3) is 3.25. The topological polar surface area (TPSA) is 43.6 Å². The van der Waals surface area contributed by atoms with Gasteiger partial charge >= 0.3 is 0 Å². The first kappa shape index (κ1) is 23.1. The Morgan fingerprint density at radius 2 is 1.19 bits per heavy atom. The first-order valence-electron chi connectivity index (χ1n) is 13.9. The second kappa shape index (κ2) is 8.66. The van der Waals surface area contributed by atoms with Crippen LogP contribution in [0.15, 0.2) is 127 Å². The van der Waals surface area contributed by atoms with Gasteiger partial charge in [0.15, 0.2) is 11.6 Å². The summed E-state index contributed by atoms with van der Waals surface area (Å²) < 4.78 is 16.0. The molecule has 0 saturated heterocycles. The molecule has 196 valence electrons. The average molecular weight is 541 g/mol. The second-order valence-electron chi connectivity index (χ2n) is 10.6. The summed E-state index contributed by atoms with van der Waals surface area (Å²) in [4.78, 5) is 15.0. The van der Waals surface area contributed by atoms with E-state index in [4.69, 9.17) is 15.0 Å². The maximum absolute atomic E-state index is 13.9. The van der Waals surface area contributed by atoms with Crippen LogP contribution in [0, 0.1) is 5.82 Å². The Labute approximate surface area is 240 Å². The van der Waals surface area contributed by atoms with Crippen molar-refractivity contribution >= 4 is 32.6 Å². The van der Waals surface area contributed by atoms with Gasteiger partial charge in [-0.2, -0.15) is 9.97 Å². The molecule has 1 aliphatic rings. The minimum atomic E-state index is -0.303. The van der Waals surface area contributed by atoms with Gasteiger partial charge in [0.2, 0.25) is 5.95 Å². The third-order valence-electron chi connectivity index (χ3n) is 8.26. The van der Waals surface area contributed by atoms with Crippen LogP contribution >= 0.6 is 0 Å². The van der Waals surface area contributed by atoms with Crippen LogP contribution in [0.4, 0.5) is 4.39 Å². The third-order valence-corrected chi connectivity index (χ3v) is 8.26. The molecule has 9 rings (SSSR count). The molecule has 2 heterocycles. The first-order valence-corrected chi connectivity index (χ1v) is 13.9. The Hall–Kier alpha value is -5.68. The molecule has 42 heavy (non-hydrogen) atoms. The van der Waals surface area contributed by atoms with Gasteiger partial charge in [0.25, 0.3) is 0 Å². The van der Waals surface area contributed by atoms with E-state index >= 15 is 0 Å². The highest BCUT2D eigenvalue weighted by Crippen LogP contribution is 2.51. The number of para-hydroxylation sites is 1. The summed E-state index contributed by atoms with van der Waals surface area (Å²) in [6.07, 6.45) is 0. The van der Waals surface area contributed by atoms with Crippen LogP contribution in [0.25, 0.3) is 83.6 Å². The van der Waals surface area contributed by atoms with Gasteiger partial charge < -0.3 is 0 Å². The molecule has 8 aromatic rings. The minimum Gasteiger partial charge on any atom is -0.277 e. The summed E-state index contributed by atoms with van der Waals surface area (Å²) in [5.74, 6) is 1.26. The maximum Gasteiger partial charge on any atom is 0.238 e. The molecule has 5 heteroatoms. The summed E-state index contributed by atoms with van der Waals surface area (Å²) in [6, 6.07) is 42.1. The zero-order valence-corrected chi connectivity index (χ0v) is 22.3. The fraction of sp³-hybridized carbons (Fsp3) is 0. The van der Waals surface area contributed by atoms with E-state index in [2.05, 4.69) is 71.3 Å². The standard InChI is InChI=1S/C37H21FN4/c38-25-18-16-24(17-19-25)36-39-35(23-8-2-1-3-9-23)40-37(41-36)42-31-15-5-4-12-26(31)29-21-20-28-27-13-6-10-22-11-7-14-30(32(22)27)33(28)34(29)42/h1-21H. The van der Waals surface area contributed by atoms with Crippen molar-refractivity contribution in [3.8, 4) is 51.0 Å². The van der Waals surface area contributed by atoms with Crippen LogP contribution in [0.1, 0.15) is 0 Å². The molecule has 0 radical (unpaired) electrons. The van der Waals surface area contributed by atoms with Crippen LogP contribution in [0.2, 0.25) is 0 Å². The predicted molar refractivity (Wildman–Crippen MR) is 167 cm³/mol. The lowest BCUT2D eigenvalue weighted by molar-refractivity contribution is 0.628. The smallest absolute Gasteiger partial charge is 0.238 e. The lowest BCUT2D eigenvalue weighted by Crippen LogP contribution is -2.07. The Balaban J connectivity index is 1.42. The van der Waals surface area contributed by atoms with Gasteiger partial charge in [0.05, 0.1) is 11.0 Å². The van der Waals surface area contributed by atoms with Crippen LogP contribution in [0.3, 0.4) is 0 Å². The molecule has 4 nitrogen and oxygen atoms in total. The maximum atomic E-state index is 13.9. The number of rotatable bonds is 3. The summed E-state index contributed by atoms with van der Waals surface area (Å²) >= 11 is 0. The summed E-state index contributed by atoms with van der Waals surface area (Å²) in [5.41, 5.74) is 8.52. The first-order chi connectivity index (χ1) is 20.7. The van der Waals surface area contributed by atoms with Crippen LogP contribution < -0.4 is 0 Å². The molecule has 0 saturated carbocycles. The van der Waals surface area contributed by atoms with Gasteiger partial charge in [-0.15, -0.1) is 0 Å².